The Hall–Kier alpha value is -2.73. The first-order valence-corrected chi connectivity index (χ1v) is 7.70. The molecule has 130 valence electrons. The summed E-state index contributed by atoms with van der Waals surface area (Å²) in [6, 6.07) is 10.1. The molecule has 0 radical (unpaired) electrons. The van der Waals surface area contributed by atoms with Crippen molar-refractivity contribution in [1.82, 2.24) is 0 Å². The number of anilines is 1. The van der Waals surface area contributed by atoms with Crippen molar-refractivity contribution in [2.24, 2.45) is 0 Å². The van der Waals surface area contributed by atoms with E-state index in [-0.39, 0.29) is 17.9 Å². The number of hydrogen-bond acceptors (Lipinski definition) is 3. The summed E-state index contributed by atoms with van der Waals surface area (Å²) in [5.41, 5.74) is 2.56. The number of carboxylic acids is 1. The summed E-state index contributed by atoms with van der Waals surface area (Å²) in [6.45, 7) is 1.93. The Kier molecular flexibility index (Phi) is 4.55. The minimum absolute atomic E-state index is 0.101. The van der Waals surface area contributed by atoms with E-state index >= 15 is 0 Å². The van der Waals surface area contributed by atoms with Crippen molar-refractivity contribution < 1.29 is 23.4 Å². The number of ether oxygens (including phenoxy) is 1. The fourth-order valence-corrected chi connectivity index (χ4v) is 3.14. The highest BCUT2D eigenvalue weighted by molar-refractivity contribution is 6.01. The summed E-state index contributed by atoms with van der Waals surface area (Å²) in [5.74, 6) is -1.88. The van der Waals surface area contributed by atoms with Crippen molar-refractivity contribution in [2.75, 3.05) is 12.0 Å². The van der Waals surface area contributed by atoms with E-state index in [9.17, 15) is 18.7 Å². The van der Waals surface area contributed by atoms with E-state index in [0.29, 0.717) is 16.8 Å². The van der Waals surface area contributed by atoms with Crippen LogP contribution in [0.3, 0.4) is 0 Å². The molecule has 0 spiro atoms. The minimum Gasteiger partial charge on any atom is -0.478 e. The molecule has 0 saturated carbocycles. The fraction of sp³-hybridized carbons (Fsp3) is 0.211. The molecule has 1 aliphatic rings. The number of halogens is 2. The molecule has 2 aromatic rings. The van der Waals surface area contributed by atoms with E-state index in [1.165, 1.54) is 31.4 Å². The second kappa shape index (κ2) is 6.64. The second-order valence-electron chi connectivity index (χ2n) is 5.85. The maximum Gasteiger partial charge on any atom is 0.336 e. The van der Waals surface area contributed by atoms with Gasteiger partial charge in [-0.25, -0.2) is 13.6 Å². The quantitative estimate of drug-likeness (QED) is 0.915. The highest BCUT2D eigenvalue weighted by Crippen LogP contribution is 2.39. The lowest BCUT2D eigenvalue weighted by molar-refractivity contribution is -0.134. The molecule has 6 heteroatoms. The van der Waals surface area contributed by atoms with Crippen molar-refractivity contribution >= 4 is 17.2 Å². The van der Waals surface area contributed by atoms with Crippen LogP contribution in [0, 0.1) is 11.6 Å². The van der Waals surface area contributed by atoms with Gasteiger partial charge in [0.25, 0.3) is 0 Å². The van der Waals surface area contributed by atoms with Crippen LogP contribution in [0.5, 0.6) is 0 Å². The number of methoxy groups -OCH3 is 1. The summed E-state index contributed by atoms with van der Waals surface area (Å²) in [5, 5.41) is 9.62. The zero-order valence-electron chi connectivity index (χ0n) is 13.8. The first-order chi connectivity index (χ1) is 11.9. The number of aliphatic carboxylic acids is 1. The van der Waals surface area contributed by atoms with Gasteiger partial charge in [0.15, 0.2) is 6.23 Å². The van der Waals surface area contributed by atoms with Crippen LogP contribution in [0.2, 0.25) is 0 Å². The first-order valence-electron chi connectivity index (χ1n) is 7.70. The van der Waals surface area contributed by atoms with Crippen LogP contribution in [0.15, 0.2) is 48.0 Å². The predicted molar refractivity (Wildman–Crippen MR) is 90.0 cm³/mol. The smallest absolute Gasteiger partial charge is 0.336 e. The van der Waals surface area contributed by atoms with Gasteiger partial charge < -0.3 is 14.7 Å². The number of benzene rings is 2. The topological polar surface area (TPSA) is 49.8 Å². The van der Waals surface area contributed by atoms with Gasteiger partial charge in [0.05, 0.1) is 5.57 Å². The van der Waals surface area contributed by atoms with E-state index in [4.69, 9.17) is 4.74 Å². The normalized spacial score (nSPS) is 16.8. The zero-order chi connectivity index (χ0) is 18.1. The molecule has 1 aliphatic heterocycles. The minimum atomic E-state index is -1.09. The van der Waals surface area contributed by atoms with Gasteiger partial charge in [-0.3, -0.25) is 0 Å². The molecule has 0 saturated heterocycles. The number of carbonyl (C=O) groups is 1. The molecule has 0 bridgehead atoms. The number of allylic oxidation sites excluding steroid dienone is 1. The van der Waals surface area contributed by atoms with E-state index in [2.05, 4.69) is 0 Å². The number of rotatable bonds is 4. The molecule has 0 aliphatic carbocycles. The molecule has 25 heavy (non-hydrogen) atoms. The van der Waals surface area contributed by atoms with Crippen LogP contribution in [-0.4, -0.2) is 24.4 Å². The third kappa shape index (κ3) is 3.13. The third-order valence-corrected chi connectivity index (χ3v) is 4.33. The molecule has 1 unspecified atom stereocenters. The van der Waals surface area contributed by atoms with Gasteiger partial charge in [-0.05, 0) is 48.4 Å². The van der Waals surface area contributed by atoms with Crippen molar-refractivity contribution in [2.45, 2.75) is 19.7 Å². The Morgan fingerprint density at radius 1 is 1.16 bits per heavy atom. The molecule has 1 heterocycles. The van der Waals surface area contributed by atoms with Crippen LogP contribution >= 0.6 is 0 Å². The lowest BCUT2D eigenvalue weighted by atomic mass is 9.92. The monoisotopic (exact) mass is 345 g/mol. The van der Waals surface area contributed by atoms with Gasteiger partial charge in [-0.15, -0.1) is 0 Å². The van der Waals surface area contributed by atoms with Gasteiger partial charge >= 0.3 is 5.97 Å². The largest absolute Gasteiger partial charge is 0.478 e. The highest BCUT2D eigenvalue weighted by Gasteiger charge is 2.35. The van der Waals surface area contributed by atoms with Crippen molar-refractivity contribution in [3.05, 3.63) is 70.8 Å². The van der Waals surface area contributed by atoms with E-state index in [0.717, 1.165) is 5.56 Å². The molecule has 2 aromatic carbocycles. The molecular formula is C19H17F2NO3. The van der Waals surface area contributed by atoms with Gasteiger partial charge in [0, 0.05) is 24.9 Å². The molecule has 4 nitrogen and oxygen atoms in total. The molecular weight excluding hydrogens is 328 g/mol. The van der Waals surface area contributed by atoms with Crippen LogP contribution in [0.25, 0.3) is 5.57 Å². The lowest BCUT2D eigenvalue weighted by Gasteiger charge is -2.38. The fourth-order valence-electron chi connectivity index (χ4n) is 3.14. The van der Waals surface area contributed by atoms with Crippen LogP contribution < -0.4 is 4.90 Å². The Morgan fingerprint density at radius 2 is 1.80 bits per heavy atom. The molecule has 0 aromatic heterocycles. The Labute approximate surface area is 144 Å². The van der Waals surface area contributed by atoms with Gasteiger partial charge in [-0.2, -0.15) is 0 Å². The zero-order valence-corrected chi connectivity index (χ0v) is 13.8. The van der Waals surface area contributed by atoms with Crippen LogP contribution in [0.1, 0.15) is 18.1 Å². The van der Waals surface area contributed by atoms with Crippen molar-refractivity contribution in [3.63, 3.8) is 0 Å². The second-order valence-corrected chi connectivity index (χ2v) is 5.85. The molecule has 1 N–H and O–H groups in total. The van der Waals surface area contributed by atoms with Crippen molar-refractivity contribution in [3.8, 4) is 0 Å². The number of fused-ring (bicyclic) bond motifs is 1. The van der Waals surface area contributed by atoms with Crippen LogP contribution in [0.4, 0.5) is 14.5 Å². The average molecular weight is 345 g/mol. The lowest BCUT2D eigenvalue weighted by Crippen LogP contribution is -2.43. The highest BCUT2D eigenvalue weighted by atomic mass is 19.1. The van der Waals surface area contributed by atoms with E-state index in [1.807, 2.05) is 0 Å². The molecule has 1 atom stereocenters. The standard InChI is InChI=1S/C19H17F2NO3/c1-11-15-8-7-14(21)9-16(15)22(18(25-2)17(11)19(23)24)10-12-3-5-13(20)6-4-12/h3-9,18H,10H2,1-2H3,(H,23,24). The summed E-state index contributed by atoms with van der Waals surface area (Å²) < 4.78 is 32.4. The van der Waals surface area contributed by atoms with Crippen molar-refractivity contribution in [1.29, 1.82) is 0 Å². The number of nitrogens with zero attached hydrogens (tertiary/aromatic N) is 1. The van der Waals surface area contributed by atoms with E-state index in [1.54, 1.807) is 30.0 Å². The maximum absolute atomic E-state index is 13.8. The Bertz CT molecular complexity index is 846. The predicted octanol–water partition coefficient (Wildman–Crippen LogP) is 3.82. The van der Waals surface area contributed by atoms with Gasteiger partial charge in [0.1, 0.15) is 11.6 Å². The Balaban J connectivity index is 2.13. The SMILES string of the molecule is COC1C(C(=O)O)=C(C)c2ccc(F)cc2N1Cc1ccc(F)cc1. The summed E-state index contributed by atoms with van der Waals surface area (Å²) in [7, 11) is 1.41. The maximum atomic E-state index is 13.8. The number of carboxylic acid groups (broad SMARTS) is 1. The number of hydrogen-bond donors (Lipinski definition) is 1. The van der Waals surface area contributed by atoms with E-state index < -0.39 is 18.0 Å². The molecule has 0 amide bonds. The third-order valence-electron chi connectivity index (χ3n) is 4.33. The molecule has 3 rings (SSSR count). The first kappa shape index (κ1) is 17.1. The average Bonchev–Trinajstić information content (AvgIpc) is 2.58. The summed E-state index contributed by atoms with van der Waals surface area (Å²) in [6.07, 6.45) is -0.878. The van der Waals surface area contributed by atoms with Crippen LogP contribution in [-0.2, 0) is 16.1 Å². The van der Waals surface area contributed by atoms with Gasteiger partial charge in [-0.1, -0.05) is 12.1 Å². The summed E-state index contributed by atoms with van der Waals surface area (Å²) in [4.78, 5) is 13.4. The van der Waals surface area contributed by atoms with Gasteiger partial charge in [0.2, 0.25) is 0 Å². The molecule has 0 fully saturated rings. The summed E-state index contributed by atoms with van der Waals surface area (Å²) >= 11 is 0. The Morgan fingerprint density at radius 3 is 2.40 bits per heavy atom.